The van der Waals surface area contributed by atoms with Crippen molar-refractivity contribution in [1.29, 1.82) is 5.26 Å². The summed E-state index contributed by atoms with van der Waals surface area (Å²) in [5, 5.41) is 20.6. The fourth-order valence-corrected chi connectivity index (χ4v) is 1.37. The van der Waals surface area contributed by atoms with E-state index in [2.05, 4.69) is 5.32 Å². The highest BCUT2D eigenvalue weighted by Gasteiger charge is 2.05. The lowest BCUT2D eigenvalue weighted by Gasteiger charge is -2.13. The Kier molecular flexibility index (Phi) is 4.74. The molecular weight excluding hydrogens is 207 g/mol. The van der Waals surface area contributed by atoms with Crippen molar-refractivity contribution in [2.45, 2.75) is 13.3 Å². The van der Waals surface area contributed by atoms with Crippen molar-refractivity contribution in [2.75, 3.05) is 18.5 Å². The van der Waals surface area contributed by atoms with E-state index in [1.165, 1.54) is 12.1 Å². The van der Waals surface area contributed by atoms with E-state index in [0.29, 0.717) is 30.1 Å². The highest BCUT2D eigenvalue weighted by Crippen LogP contribution is 2.16. The van der Waals surface area contributed by atoms with Crippen LogP contribution in [-0.4, -0.2) is 18.3 Å². The lowest BCUT2D eigenvalue weighted by Crippen LogP contribution is -2.13. The van der Waals surface area contributed by atoms with Gasteiger partial charge in [0.25, 0.3) is 0 Å². The molecule has 0 bridgehead atoms. The van der Waals surface area contributed by atoms with Crippen LogP contribution in [-0.2, 0) is 0 Å². The number of aliphatic hydroxyl groups excluding tert-OH is 1. The molecule has 0 aliphatic heterocycles. The Labute approximate surface area is 94.5 Å². The second-order valence-corrected chi connectivity index (χ2v) is 3.80. The number of hydrogen-bond acceptors (Lipinski definition) is 3. The first-order chi connectivity index (χ1) is 7.67. The zero-order valence-corrected chi connectivity index (χ0v) is 9.20. The standard InChI is InChI=1S/C12H15FN2O/c1-9(4-5-16)8-15-12-3-2-11(13)6-10(12)7-14/h2-3,6,9,15-16H,4-5,8H2,1H3. The van der Waals surface area contributed by atoms with Crippen LogP contribution in [0.3, 0.4) is 0 Å². The molecule has 16 heavy (non-hydrogen) atoms. The summed E-state index contributed by atoms with van der Waals surface area (Å²) in [6, 6.07) is 6.02. The highest BCUT2D eigenvalue weighted by molar-refractivity contribution is 5.57. The average molecular weight is 222 g/mol. The molecule has 0 aliphatic rings. The van der Waals surface area contributed by atoms with Crippen LogP contribution in [0, 0.1) is 23.1 Å². The van der Waals surface area contributed by atoms with E-state index in [4.69, 9.17) is 10.4 Å². The Morgan fingerprint density at radius 2 is 2.31 bits per heavy atom. The minimum absolute atomic E-state index is 0.150. The predicted molar refractivity (Wildman–Crippen MR) is 60.5 cm³/mol. The van der Waals surface area contributed by atoms with E-state index in [0.717, 1.165) is 0 Å². The second kappa shape index (κ2) is 6.09. The van der Waals surface area contributed by atoms with Gasteiger partial charge in [-0.25, -0.2) is 4.39 Å². The Bertz CT molecular complexity index is 387. The third-order valence-corrected chi connectivity index (χ3v) is 2.36. The van der Waals surface area contributed by atoms with Gasteiger partial charge in [0.2, 0.25) is 0 Å². The number of nitrogens with zero attached hydrogens (tertiary/aromatic N) is 1. The fraction of sp³-hybridized carbons (Fsp3) is 0.417. The van der Waals surface area contributed by atoms with Crippen LogP contribution < -0.4 is 5.32 Å². The van der Waals surface area contributed by atoms with Gasteiger partial charge in [0, 0.05) is 13.2 Å². The first-order valence-electron chi connectivity index (χ1n) is 5.21. The summed E-state index contributed by atoms with van der Waals surface area (Å²) in [6.45, 7) is 2.80. The van der Waals surface area contributed by atoms with Gasteiger partial charge in [0.1, 0.15) is 11.9 Å². The molecule has 0 amide bonds. The molecule has 0 saturated heterocycles. The highest BCUT2D eigenvalue weighted by atomic mass is 19.1. The molecule has 86 valence electrons. The lowest BCUT2D eigenvalue weighted by molar-refractivity contribution is 0.266. The summed E-state index contributed by atoms with van der Waals surface area (Å²) in [5.41, 5.74) is 0.935. The van der Waals surface area contributed by atoms with Crippen LogP contribution in [0.1, 0.15) is 18.9 Å². The molecule has 2 N–H and O–H groups in total. The van der Waals surface area contributed by atoms with Crippen molar-refractivity contribution < 1.29 is 9.50 Å². The lowest BCUT2D eigenvalue weighted by atomic mass is 10.1. The molecule has 0 saturated carbocycles. The zero-order chi connectivity index (χ0) is 12.0. The molecule has 4 heteroatoms. The van der Waals surface area contributed by atoms with Gasteiger partial charge in [0.15, 0.2) is 0 Å². The summed E-state index contributed by atoms with van der Waals surface area (Å²) in [4.78, 5) is 0. The third kappa shape index (κ3) is 3.52. The molecule has 0 fully saturated rings. The first kappa shape index (κ1) is 12.5. The average Bonchev–Trinajstić information content (AvgIpc) is 2.27. The molecule has 3 nitrogen and oxygen atoms in total. The van der Waals surface area contributed by atoms with E-state index in [-0.39, 0.29) is 6.61 Å². The minimum atomic E-state index is -0.412. The van der Waals surface area contributed by atoms with Crippen LogP contribution in [0.5, 0.6) is 0 Å². The van der Waals surface area contributed by atoms with Gasteiger partial charge in [-0.3, -0.25) is 0 Å². The first-order valence-corrected chi connectivity index (χ1v) is 5.21. The summed E-state index contributed by atoms with van der Waals surface area (Å²) in [5.74, 6) is -0.105. The molecule has 1 aromatic carbocycles. The van der Waals surface area contributed by atoms with Crippen LogP contribution in [0.2, 0.25) is 0 Å². The SMILES string of the molecule is CC(CCO)CNc1ccc(F)cc1C#N. The van der Waals surface area contributed by atoms with Gasteiger partial charge >= 0.3 is 0 Å². The van der Waals surface area contributed by atoms with Crippen molar-refractivity contribution in [3.05, 3.63) is 29.6 Å². The zero-order valence-electron chi connectivity index (χ0n) is 9.20. The molecule has 0 aromatic heterocycles. The second-order valence-electron chi connectivity index (χ2n) is 3.80. The van der Waals surface area contributed by atoms with Gasteiger partial charge in [-0.1, -0.05) is 6.92 Å². The Balaban J connectivity index is 2.64. The monoisotopic (exact) mass is 222 g/mol. The van der Waals surface area contributed by atoms with E-state index >= 15 is 0 Å². The van der Waals surface area contributed by atoms with E-state index in [1.54, 1.807) is 6.07 Å². The number of anilines is 1. The number of nitrogens with one attached hydrogen (secondary N) is 1. The molecule has 1 atom stereocenters. The van der Waals surface area contributed by atoms with Crippen molar-refractivity contribution >= 4 is 5.69 Å². The van der Waals surface area contributed by atoms with E-state index < -0.39 is 5.82 Å². The van der Waals surface area contributed by atoms with Crippen LogP contribution in [0.4, 0.5) is 10.1 Å². The van der Waals surface area contributed by atoms with Crippen molar-refractivity contribution in [3.63, 3.8) is 0 Å². The molecule has 1 unspecified atom stereocenters. The molecular formula is C12H15FN2O. The van der Waals surface area contributed by atoms with Gasteiger partial charge in [0.05, 0.1) is 11.3 Å². The Hall–Kier alpha value is -1.60. The normalized spacial score (nSPS) is 11.9. The largest absolute Gasteiger partial charge is 0.396 e. The molecule has 1 aromatic rings. The number of nitriles is 1. The van der Waals surface area contributed by atoms with Gasteiger partial charge in [-0.05, 0) is 30.5 Å². The molecule has 0 radical (unpaired) electrons. The van der Waals surface area contributed by atoms with Crippen LogP contribution in [0.25, 0.3) is 0 Å². The quantitative estimate of drug-likeness (QED) is 0.802. The summed E-state index contributed by atoms with van der Waals surface area (Å²) >= 11 is 0. The topological polar surface area (TPSA) is 56.0 Å². The summed E-state index contributed by atoms with van der Waals surface area (Å²) in [7, 11) is 0. The molecule has 0 spiro atoms. The number of aliphatic hydroxyl groups is 1. The van der Waals surface area contributed by atoms with E-state index in [9.17, 15) is 4.39 Å². The Morgan fingerprint density at radius 1 is 1.56 bits per heavy atom. The van der Waals surface area contributed by atoms with Crippen LogP contribution >= 0.6 is 0 Å². The number of halogens is 1. The van der Waals surface area contributed by atoms with E-state index in [1.807, 2.05) is 13.0 Å². The Morgan fingerprint density at radius 3 is 2.94 bits per heavy atom. The van der Waals surface area contributed by atoms with Gasteiger partial charge in [-0.2, -0.15) is 5.26 Å². The third-order valence-electron chi connectivity index (χ3n) is 2.36. The van der Waals surface area contributed by atoms with Crippen molar-refractivity contribution in [3.8, 4) is 6.07 Å². The number of rotatable bonds is 5. The maximum Gasteiger partial charge on any atom is 0.124 e. The molecule has 0 heterocycles. The number of hydrogen-bond donors (Lipinski definition) is 2. The summed E-state index contributed by atoms with van der Waals surface area (Å²) in [6.07, 6.45) is 0.704. The minimum Gasteiger partial charge on any atom is -0.396 e. The maximum atomic E-state index is 12.8. The molecule has 0 aliphatic carbocycles. The predicted octanol–water partition coefficient (Wildman–Crippen LogP) is 2.13. The van der Waals surface area contributed by atoms with Crippen LogP contribution in [0.15, 0.2) is 18.2 Å². The smallest absolute Gasteiger partial charge is 0.124 e. The van der Waals surface area contributed by atoms with Crippen molar-refractivity contribution in [2.24, 2.45) is 5.92 Å². The van der Waals surface area contributed by atoms with Crippen molar-refractivity contribution in [1.82, 2.24) is 0 Å². The summed E-state index contributed by atoms with van der Waals surface area (Å²) < 4.78 is 12.8. The fourth-order valence-electron chi connectivity index (χ4n) is 1.37. The molecule has 1 rings (SSSR count). The number of benzene rings is 1. The van der Waals surface area contributed by atoms with Gasteiger partial charge in [-0.15, -0.1) is 0 Å². The van der Waals surface area contributed by atoms with Gasteiger partial charge < -0.3 is 10.4 Å². The maximum absolute atomic E-state index is 12.8.